The molecule has 1 aromatic heterocycles. The van der Waals surface area contributed by atoms with Gasteiger partial charge in [0.2, 0.25) is 11.8 Å². The fourth-order valence-electron chi connectivity index (χ4n) is 6.01. The highest BCUT2D eigenvalue weighted by molar-refractivity contribution is 6.08. The fraction of sp³-hybridized carbons (Fsp3) is 0.545. The van der Waals surface area contributed by atoms with Gasteiger partial charge in [0.25, 0.3) is 0 Å². The molecule has 43 heavy (non-hydrogen) atoms. The van der Waals surface area contributed by atoms with Crippen LogP contribution in [0.3, 0.4) is 0 Å². The van der Waals surface area contributed by atoms with Crippen LogP contribution in [0.25, 0.3) is 0 Å². The van der Waals surface area contributed by atoms with E-state index in [4.69, 9.17) is 9.47 Å². The predicted molar refractivity (Wildman–Crippen MR) is 160 cm³/mol. The molecule has 3 atom stereocenters. The van der Waals surface area contributed by atoms with Gasteiger partial charge in [0.1, 0.15) is 23.2 Å². The second-order valence-corrected chi connectivity index (χ2v) is 12.7. The molecule has 10 heteroatoms. The van der Waals surface area contributed by atoms with E-state index in [1.807, 2.05) is 19.1 Å². The summed E-state index contributed by atoms with van der Waals surface area (Å²) in [6, 6.07) is 9.39. The van der Waals surface area contributed by atoms with Gasteiger partial charge in [-0.15, -0.1) is 0 Å². The summed E-state index contributed by atoms with van der Waals surface area (Å²) < 4.78 is 10.9. The summed E-state index contributed by atoms with van der Waals surface area (Å²) >= 11 is 0. The van der Waals surface area contributed by atoms with Gasteiger partial charge in [-0.3, -0.25) is 19.4 Å². The molecule has 232 valence electrons. The van der Waals surface area contributed by atoms with E-state index in [2.05, 4.69) is 4.98 Å². The lowest BCUT2D eigenvalue weighted by molar-refractivity contribution is -0.177. The summed E-state index contributed by atoms with van der Waals surface area (Å²) in [4.78, 5) is 58.5. The number of hydrogen-bond acceptors (Lipinski definition) is 7. The molecule has 0 spiro atoms. The Bertz CT molecular complexity index is 1310. The zero-order chi connectivity index (χ0) is 31.3. The van der Waals surface area contributed by atoms with Crippen molar-refractivity contribution in [1.82, 2.24) is 9.88 Å². The SMILES string of the molecule is COc1ccc(CN(C(=O)OC(C)(C)C)c2cc(C[C@H]3C(=O)N(C(=O)C[C@H](C)C4CCCCC4)[C@@H]3C(=O)O)ccn2)cc1. The first kappa shape index (κ1) is 32.0. The smallest absolute Gasteiger partial charge is 0.416 e. The maximum Gasteiger partial charge on any atom is 0.416 e. The van der Waals surface area contributed by atoms with Crippen LogP contribution in [0.1, 0.15) is 77.3 Å². The van der Waals surface area contributed by atoms with E-state index in [-0.39, 0.29) is 25.3 Å². The fourth-order valence-corrected chi connectivity index (χ4v) is 6.01. The molecule has 3 amide bonds. The highest BCUT2D eigenvalue weighted by Crippen LogP contribution is 2.36. The molecule has 1 aliphatic heterocycles. The van der Waals surface area contributed by atoms with Crippen LogP contribution >= 0.6 is 0 Å². The first-order chi connectivity index (χ1) is 20.4. The number of likely N-dealkylation sites (tertiary alicyclic amines) is 1. The number of benzene rings is 1. The number of imide groups is 1. The van der Waals surface area contributed by atoms with E-state index >= 15 is 0 Å². The molecule has 2 heterocycles. The van der Waals surface area contributed by atoms with Crippen molar-refractivity contribution in [2.24, 2.45) is 17.8 Å². The van der Waals surface area contributed by atoms with Crippen LogP contribution in [-0.4, -0.2) is 57.6 Å². The Balaban J connectivity index is 1.50. The van der Waals surface area contributed by atoms with Gasteiger partial charge in [0, 0.05) is 12.6 Å². The van der Waals surface area contributed by atoms with Crippen LogP contribution in [-0.2, 0) is 32.1 Å². The first-order valence-corrected chi connectivity index (χ1v) is 15.0. The summed E-state index contributed by atoms with van der Waals surface area (Å²) in [6.45, 7) is 7.51. The summed E-state index contributed by atoms with van der Waals surface area (Å²) in [6.07, 6.45) is 6.81. The number of ether oxygens (including phenoxy) is 2. The number of methoxy groups -OCH3 is 1. The van der Waals surface area contributed by atoms with Crippen LogP contribution in [0.15, 0.2) is 42.6 Å². The molecule has 1 aromatic carbocycles. The number of hydrogen-bond donors (Lipinski definition) is 1. The number of pyridine rings is 1. The summed E-state index contributed by atoms with van der Waals surface area (Å²) in [5.41, 5.74) is 0.695. The molecular formula is C33H43N3O7. The van der Waals surface area contributed by atoms with Crippen molar-refractivity contribution >= 4 is 29.7 Å². The Morgan fingerprint density at radius 1 is 1.07 bits per heavy atom. The lowest BCUT2D eigenvalue weighted by atomic mass is 9.78. The van der Waals surface area contributed by atoms with Crippen molar-refractivity contribution in [1.29, 1.82) is 0 Å². The van der Waals surface area contributed by atoms with Gasteiger partial charge < -0.3 is 14.6 Å². The van der Waals surface area contributed by atoms with Gasteiger partial charge >= 0.3 is 12.1 Å². The average Bonchev–Trinajstić information content (AvgIpc) is 2.96. The quantitative estimate of drug-likeness (QED) is 0.352. The maximum absolute atomic E-state index is 13.3. The van der Waals surface area contributed by atoms with Gasteiger partial charge in [-0.05, 0) is 74.4 Å². The Kier molecular flexibility index (Phi) is 10.1. The number of carboxylic acids is 1. The third-order valence-electron chi connectivity index (χ3n) is 8.34. The molecular weight excluding hydrogens is 550 g/mol. The Labute approximate surface area is 253 Å². The third-order valence-corrected chi connectivity index (χ3v) is 8.34. The zero-order valence-electron chi connectivity index (χ0n) is 25.7. The molecule has 1 N–H and O–H groups in total. The number of carbonyl (C=O) groups excluding carboxylic acids is 3. The number of carbonyl (C=O) groups is 4. The summed E-state index contributed by atoms with van der Waals surface area (Å²) in [7, 11) is 1.58. The largest absolute Gasteiger partial charge is 0.497 e. The normalized spacial score (nSPS) is 19.7. The second kappa shape index (κ2) is 13.6. The average molecular weight is 594 g/mol. The number of aliphatic carboxylic acids is 1. The van der Waals surface area contributed by atoms with E-state index in [0.717, 1.165) is 36.1 Å². The molecule has 1 aliphatic carbocycles. The number of anilines is 1. The number of β-lactam (4-membered cyclic amide) rings is 1. The van der Waals surface area contributed by atoms with Crippen molar-refractivity contribution in [3.8, 4) is 5.75 Å². The minimum atomic E-state index is -1.23. The molecule has 0 unspecified atom stereocenters. The molecule has 2 aromatic rings. The molecule has 1 saturated carbocycles. The molecule has 2 aliphatic rings. The molecule has 0 bridgehead atoms. The second-order valence-electron chi connectivity index (χ2n) is 12.7. The van der Waals surface area contributed by atoms with Gasteiger partial charge in [0.15, 0.2) is 0 Å². The standard InChI is InChI=1S/C33H43N3O7/c1-21(24-9-7-6-8-10-24)17-28(37)36-29(31(39)40)26(30(36)38)18-23-15-16-34-27(19-23)35(32(41)43-33(2,3)4)20-22-11-13-25(42-5)14-12-22/h11-16,19,21,24,26,29H,6-10,17-18,20H2,1-5H3,(H,39,40)/t21-,26+,29-/m0/s1. The Hall–Kier alpha value is -3.95. The van der Waals surface area contributed by atoms with Crippen molar-refractivity contribution in [3.05, 3.63) is 53.7 Å². The Morgan fingerprint density at radius 2 is 1.74 bits per heavy atom. The van der Waals surface area contributed by atoms with Crippen LogP contribution in [0.4, 0.5) is 10.6 Å². The minimum Gasteiger partial charge on any atom is -0.497 e. The molecule has 10 nitrogen and oxygen atoms in total. The lowest BCUT2D eigenvalue weighted by Gasteiger charge is -2.43. The van der Waals surface area contributed by atoms with Crippen LogP contribution in [0.5, 0.6) is 5.75 Å². The van der Waals surface area contributed by atoms with E-state index in [9.17, 15) is 24.3 Å². The monoisotopic (exact) mass is 593 g/mol. The van der Waals surface area contributed by atoms with E-state index < -0.39 is 41.4 Å². The van der Waals surface area contributed by atoms with Crippen molar-refractivity contribution in [2.75, 3.05) is 12.0 Å². The number of nitrogens with zero attached hydrogens (tertiary/aromatic N) is 3. The highest BCUT2D eigenvalue weighted by atomic mass is 16.6. The van der Waals surface area contributed by atoms with Crippen molar-refractivity contribution in [3.63, 3.8) is 0 Å². The van der Waals surface area contributed by atoms with Gasteiger partial charge in [-0.1, -0.05) is 51.2 Å². The predicted octanol–water partition coefficient (Wildman–Crippen LogP) is 5.62. The zero-order valence-corrected chi connectivity index (χ0v) is 25.7. The van der Waals surface area contributed by atoms with Crippen molar-refractivity contribution in [2.45, 2.75) is 90.8 Å². The lowest BCUT2D eigenvalue weighted by Crippen LogP contribution is -2.67. The topological polar surface area (TPSA) is 126 Å². The van der Waals surface area contributed by atoms with E-state index in [1.165, 1.54) is 17.5 Å². The first-order valence-electron chi connectivity index (χ1n) is 15.0. The number of rotatable bonds is 10. The Morgan fingerprint density at radius 3 is 2.35 bits per heavy atom. The third kappa shape index (κ3) is 7.91. The van der Waals surface area contributed by atoms with E-state index in [0.29, 0.717) is 23.0 Å². The van der Waals surface area contributed by atoms with Crippen LogP contribution in [0.2, 0.25) is 0 Å². The summed E-state index contributed by atoms with van der Waals surface area (Å²) in [5, 5.41) is 9.99. The number of amides is 3. The van der Waals surface area contributed by atoms with Crippen LogP contribution < -0.4 is 9.64 Å². The minimum absolute atomic E-state index is 0.0952. The number of carboxylic acid groups (broad SMARTS) is 1. The molecule has 0 radical (unpaired) electrons. The van der Waals surface area contributed by atoms with Crippen molar-refractivity contribution < 1.29 is 33.8 Å². The molecule has 4 rings (SSSR count). The van der Waals surface area contributed by atoms with Crippen LogP contribution in [0, 0.1) is 17.8 Å². The molecule has 2 fully saturated rings. The van der Waals surface area contributed by atoms with E-state index in [1.54, 1.807) is 52.1 Å². The van der Waals surface area contributed by atoms with Gasteiger partial charge in [0.05, 0.1) is 19.6 Å². The molecule has 1 saturated heterocycles. The van der Waals surface area contributed by atoms with Gasteiger partial charge in [-0.2, -0.15) is 0 Å². The van der Waals surface area contributed by atoms with Gasteiger partial charge in [-0.25, -0.2) is 14.6 Å². The summed E-state index contributed by atoms with van der Waals surface area (Å²) in [5.74, 6) is -1.48. The highest BCUT2D eigenvalue weighted by Gasteiger charge is 2.54. The maximum atomic E-state index is 13.3. The number of aromatic nitrogens is 1.